The number of anilines is 1. The molecule has 0 saturated carbocycles. The molecule has 5 nitrogen and oxygen atoms in total. The lowest BCUT2D eigenvalue weighted by atomic mass is 9.97. The molecule has 2 aromatic heterocycles. The first kappa shape index (κ1) is 18.3. The quantitative estimate of drug-likeness (QED) is 0.485. The van der Waals surface area contributed by atoms with Crippen LogP contribution in [0.3, 0.4) is 0 Å². The predicted molar refractivity (Wildman–Crippen MR) is 116 cm³/mol. The fourth-order valence-electron chi connectivity index (χ4n) is 4.04. The third kappa shape index (κ3) is 2.74. The maximum absolute atomic E-state index is 13.6. The van der Waals surface area contributed by atoms with E-state index in [1.54, 1.807) is 17.2 Å². The summed E-state index contributed by atoms with van der Waals surface area (Å²) in [7, 11) is 0. The smallest absolute Gasteiger partial charge is 0.296 e. The van der Waals surface area contributed by atoms with Gasteiger partial charge in [-0.1, -0.05) is 41.5 Å². The topological polar surface area (TPSA) is 63.4 Å². The lowest BCUT2D eigenvalue weighted by molar-refractivity contribution is 0.0970. The Morgan fingerprint density at radius 3 is 2.30 bits per heavy atom. The maximum atomic E-state index is 13.6. The van der Waals surface area contributed by atoms with Crippen LogP contribution in [0.5, 0.6) is 0 Å². The number of pyridine rings is 1. The third-order valence-electron chi connectivity index (χ3n) is 5.57. The summed E-state index contributed by atoms with van der Waals surface area (Å²) < 4.78 is 5.99. The van der Waals surface area contributed by atoms with Crippen molar-refractivity contribution >= 4 is 22.7 Å². The molecule has 4 aromatic rings. The van der Waals surface area contributed by atoms with Gasteiger partial charge in [-0.25, -0.2) is 4.98 Å². The second-order valence-corrected chi connectivity index (χ2v) is 7.85. The molecule has 5 rings (SSSR count). The zero-order valence-corrected chi connectivity index (χ0v) is 17.0. The van der Waals surface area contributed by atoms with Gasteiger partial charge in [-0.15, -0.1) is 0 Å². The Kier molecular flexibility index (Phi) is 4.07. The van der Waals surface area contributed by atoms with Gasteiger partial charge in [-0.05, 0) is 56.2 Å². The molecular formula is C25H20N2O3. The molecule has 0 N–H and O–H groups in total. The Balaban J connectivity index is 1.83. The van der Waals surface area contributed by atoms with E-state index in [-0.39, 0.29) is 17.1 Å². The molecule has 0 saturated heterocycles. The van der Waals surface area contributed by atoms with Gasteiger partial charge in [0.25, 0.3) is 5.91 Å². The summed E-state index contributed by atoms with van der Waals surface area (Å²) in [5, 5.41) is 0.484. The Morgan fingerprint density at radius 2 is 1.57 bits per heavy atom. The average molecular weight is 396 g/mol. The summed E-state index contributed by atoms with van der Waals surface area (Å²) in [4.78, 5) is 33.0. The first-order valence-corrected chi connectivity index (χ1v) is 9.84. The molecule has 3 heterocycles. The number of hydrogen-bond donors (Lipinski definition) is 0. The molecule has 0 bridgehead atoms. The molecule has 30 heavy (non-hydrogen) atoms. The van der Waals surface area contributed by atoms with E-state index in [2.05, 4.69) is 4.98 Å². The van der Waals surface area contributed by atoms with Crippen molar-refractivity contribution in [2.45, 2.75) is 26.8 Å². The third-order valence-corrected chi connectivity index (χ3v) is 5.57. The molecule has 1 atom stereocenters. The molecule has 1 aliphatic heterocycles. The molecule has 1 aliphatic rings. The molecule has 0 fully saturated rings. The number of carbonyl (C=O) groups excluding carboxylic acids is 1. The predicted octanol–water partition coefficient (Wildman–Crippen LogP) is 4.86. The average Bonchev–Trinajstić information content (AvgIpc) is 3.02. The van der Waals surface area contributed by atoms with Gasteiger partial charge < -0.3 is 4.42 Å². The van der Waals surface area contributed by atoms with Crippen molar-refractivity contribution in [1.82, 2.24) is 4.98 Å². The van der Waals surface area contributed by atoms with Crippen LogP contribution in [-0.4, -0.2) is 10.9 Å². The van der Waals surface area contributed by atoms with E-state index in [0.717, 1.165) is 22.3 Å². The van der Waals surface area contributed by atoms with Crippen molar-refractivity contribution < 1.29 is 9.21 Å². The van der Waals surface area contributed by atoms with Gasteiger partial charge in [-0.3, -0.25) is 14.5 Å². The van der Waals surface area contributed by atoms with Crippen LogP contribution in [0.25, 0.3) is 11.0 Å². The maximum Gasteiger partial charge on any atom is 0.296 e. The van der Waals surface area contributed by atoms with Crippen molar-refractivity contribution in [3.8, 4) is 0 Å². The molecule has 2 aromatic carbocycles. The summed E-state index contributed by atoms with van der Waals surface area (Å²) in [5.41, 5.74) is 4.49. The van der Waals surface area contributed by atoms with Gasteiger partial charge in [-0.2, -0.15) is 0 Å². The summed E-state index contributed by atoms with van der Waals surface area (Å²) in [5.74, 6) is 0.232. The zero-order chi connectivity index (χ0) is 21.0. The Bertz CT molecular complexity index is 1370. The van der Waals surface area contributed by atoms with E-state index in [0.29, 0.717) is 22.4 Å². The van der Waals surface area contributed by atoms with Crippen molar-refractivity contribution in [2.24, 2.45) is 0 Å². The van der Waals surface area contributed by atoms with E-state index in [1.807, 2.05) is 69.3 Å². The number of aromatic nitrogens is 1. The Hall–Kier alpha value is -3.73. The molecule has 0 aliphatic carbocycles. The first-order valence-electron chi connectivity index (χ1n) is 9.84. The standard InChI is InChI=1S/C25H20N2O3/c1-14-4-7-17(8-5-14)22-21-23(28)18-12-15(2)6-9-19(18)30-24(21)25(29)27(22)20-13-16(3)10-11-26-20/h4-13,22H,1-3H3/t22-/m1/s1. The largest absolute Gasteiger partial charge is 0.450 e. The Morgan fingerprint density at radius 1 is 0.867 bits per heavy atom. The number of fused-ring (bicyclic) bond motifs is 2. The van der Waals surface area contributed by atoms with Gasteiger partial charge >= 0.3 is 0 Å². The lowest BCUT2D eigenvalue weighted by Crippen LogP contribution is -2.30. The van der Waals surface area contributed by atoms with Crippen LogP contribution in [0.2, 0.25) is 0 Å². The fourth-order valence-corrected chi connectivity index (χ4v) is 4.04. The van der Waals surface area contributed by atoms with Gasteiger partial charge in [0.2, 0.25) is 5.76 Å². The lowest BCUT2D eigenvalue weighted by Gasteiger charge is -2.24. The van der Waals surface area contributed by atoms with Gasteiger partial charge in [0, 0.05) is 6.20 Å². The number of rotatable bonds is 2. The minimum atomic E-state index is -0.594. The fraction of sp³-hybridized carbons (Fsp3) is 0.160. The number of nitrogens with zero attached hydrogens (tertiary/aromatic N) is 2. The molecular weight excluding hydrogens is 376 g/mol. The highest BCUT2D eigenvalue weighted by Gasteiger charge is 2.44. The van der Waals surface area contributed by atoms with Crippen LogP contribution in [0.1, 0.15) is 44.4 Å². The highest BCUT2D eigenvalue weighted by Crippen LogP contribution is 2.40. The SMILES string of the molecule is Cc1ccc([C@@H]2c3c(oc4ccc(C)cc4c3=O)C(=O)N2c2cc(C)ccn2)cc1. The highest BCUT2D eigenvalue weighted by molar-refractivity contribution is 6.10. The second-order valence-electron chi connectivity index (χ2n) is 7.85. The summed E-state index contributed by atoms with van der Waals surface area (Å²) in [6.45, 7) is 5.87. The van der Waals surface area contributed by atoms with E-state index < -0.39 is 6.04 Å². The normalized spacial score (nSPS) is 15.6. The molecule has 0 radical (unpaired) electrons. The first-order chi connectivity index (χ1) is 14.4. The van der Waals surface area contributed by atoms with Gasteiger partial charge in [0.15, 0.2) is 5.43 Å². The van der Waals surface area contributed by atoms with Crippen LogP contribution in [0.4, 0.5) is 5.82 Å². The van der Waals surface area contributed by atoms with E-state index in [1.165, 1.54) is 0 Å². The monoisotopic (exact) mass is 396 g/mol. The van der Waals surface area contributed by atoms with E-state index >= 15 is 0 Å². The summed E-state index contributed by atoms with van der Waals surface area (Å²) >= 11 is 0. The molecule has 5 heteroatoms. The molecule has 0 spiro atoms. The molecule has 1 amide bonds. The minimum absolute atomic E-state index is 0.0882. The number of amides is 1. The highest BCUT2D eigenvalue weighted by atomic mass is 16.3. The zero-order valence-electron chi connectivity index (χ0n) is 17.0. The Labute approximate surface area is 173 Å². The molecule has 0 unspecified atom stereocenters. The number of aryl methyl sites for hydroxylation is 3. The van der Waals surface area contributed by atoms with Crippen LogP contribution >= 0.6 is 0 Å². The molecule has 148 valence electrons. The van der Waals surface area contributed by atoms with E-state index in [9.17, 15) is 9.59 Å². The van der Waals surface area contributed by atoms with E-state index in [4.69, 9.17) is 4.42 Å². The number of hydrogen-bond acceptors (Lipinski definition) is 4. The van der Waals surface area contributed by atoms with Crippen LogP contribution in [0, 0.1) is 20.8 Å². The van der Waals surface area contributed by atoms with Crippen LogP contribution in [-0.2, 0) is 0 Å². The van der Waals surface area contributed by atoms with Crippen molar-refractivity contribution in [1.29, 1.82) is 0 Å². The number of carbonyl (C=O) groups is 1. The van der Waals surface area contributed by atoms with Crippen molar-refractivity contribution in [2.75, 3.05) is 4.90 Å². The van der Waals surface area contributed by atoms with Gasteiger partial charge in [0.05, 0.1) is 17.0 Å². The van der Waals surface area contributed by atoms with Gasteiger partial charge in [0.1, 0.15) is 11.4 Å². The second kappa shape index (κ2) is 6.66. The van der Waals surface area contributed by atoms with Crippen LogP contribution in [0.15, 0.2) is 70.0 Å². The number of benzene rings is 2. The summed E-state index contributed by atoms with van der Waals surface area (Å²) in [6, 6.07) is 16.4. The summed E-state index contributed by atoms with van der Waals surface area (Å²) in [6.07, 6.45) is 1.67. The van der Waals surface area contributed by atoms with Crippen molar-refractivity contribution in [3.63, 3.8) is 0 Å². The minimum Gasteiger partial charge on any atom is -0.450 e. The van der Waals surface area contributed by atoms with Crippen molar-refractivity contribution in [3.05, 3.63) is 105 Å². The van der Waals surface area contributed by atoms with Crippen LogP contribution < -0.4 is 10.3 Å².